The van der Waals surface area contributed by atoms with Gasteiger partial charge >= 0.3 is 5.97 Å². The molecule has 140 valence electrons. The van der Waals surface area contributed by atoms with Crippen molar-refractivity contribution in [2.24, 2.45) is 23.7 Å². The maximum Gasteiger partial charge on any atom is 0.303 e. The van der Waals surface area contributed by atoms with Gasteiger partial charge in [0.05, 0.1) is 6.10 Å². The summed E-state index contributed by atoms with van der Waals surface area (Å²) in [6.07, 6.45) is 15.0. The fourth-order valence-electron chi connectivity index (χ4n) is 4.84. The molecule has 3 nitrogen and oxygen atoms in total. The summed E-state index contributed by atoms with van der Waals surface area (Å²) >= 11 is 0. The number of aliphatic carboxylic acids is 1. The first-order chi connectivity index (χ1) is 12.6. The van der Waals surface area contributed by atoms with E-state index in [9.17, 15) is 9.90 Å². The molecule has 0 radical (unpaired) electrons. The highest BCUT2D eigenvalue weighted by atomic mass is 16.4. The van der Waals surface area contributed by atoms with Gasteiger partial charge in [-0.2, -0.15) is 0 Å². The quantitative estimate of drug-likeness (QED) is 0.477. The summed E-state index contributed by atoms with van der Waals surface area (Å²) in [5, 5.41) is 19.1. The van der Waals surface area contributed by atoms with Crippen LogP contribution in [0.15, 0.2) is 54.6 Å². The van der Waals surface area contributed by atoms with E-state index in [2.05, 4.69) is 18.2 Å². The van der Waals surface area contributed by atoms with Crippen LogP contribution in [0.5, 0.6) is 0 Å². The van der Waals surface area contributed by atoms with E-state index in [4.69, 9.17) is 5.11 Å². The Morgan fingerprint density at radius 1 is 1.15 bits per heavy atom. The molecular weight excluding hydrogens is 324 g/mol. The van der Waals surface area contributed by atoms with Gasteiger partial charge in [-0.25, -0.2) is 0 Å². The van der Waals surface area contributed by atoms with Gasteiger partial charge in [-0.05, 0) is 67.8 Å². The number of rotatable bonds is 9. The fourth-order valence-corrected chi connectivity index (χ4v) is 4.84. The molecule has 5 atom stereocenters. The largest absolute Gasteiger partial charge is 0.481 e. The Kier molecular flexibility index (Phi) is 6.67. The van der Waals surface area contributed by atoms with Crippen LogP contribution in [0.4, 0.5) is 0 Å². The van der Waals surface area contributed by atoms with E-state index in [1.54, 1.807) is 0 Å². The molecule has 0 aromatic heterocycles. The summed E-state index contributed by atoms with van der Waals surface area (Å²) in [5.41, 5.74) is 0.946. The van der Waals surface area contributed by atoms with Crippen molar-refractivity contribution < 1.29 is 15.0 Å². The molecule has 1 unspecified atom stereocenters. The molecule has 0 amide bonds. The Morgan fingerprint density at radius 3 is 2.69 bits per heavy atom. The second-order valence-electron chi connectivity index (χ2n) is 7.81. The van der Waals surface area contributed by atoms with Crippen LogP contribution >= 0.6 is 0 Å². The van der Waals surface area contributed by atoms with Crippen molar-refractivity contribution in [1.29, 1.82) is 0 Å². The molecule has 2 fully saturated rings. The van der Waals surface area contributed by atoms with Gasteiger partial charge in [-0.1, -0.05) is 54.6 Å². The van der Waals surface area contributed by atoms with Gasteiger partial charge in [0.15, 0.2) is 0 Å². The van der Waals surface area contributed by atoms with Crippen molar-refractivity contribution in [3.8, 4) is 0 Å². The second-order valence-corrected chi connectivity index (χ2v) is 7.81. The van der Waals surface area contributed by atoms with Gasteiger partial charge in [0.1, 0.15) is 0 Å². The molecule has 0 spiro atoms. The molecule has 0 aliphatic heterocycles. The van der Waals surface area contributed by atoms with Crippen LogP contribution in [-0.4, -0.2) is 16.2 Å². The van der Waals surface area contributed by atoms with E-state index in [-0.39, 0.29) is 6.42 Å². The van der Waals surface area contributed by atoms with Gasteiger partial charge < -0.3 is 10.2 Å². The predicted molar refractivity (Wildman–Crippen MR) is 104 cm³/mol. The van der Waals surface area contributed by atoms with Gasteiger partial charge in [0.2, 0.25) is 0 Å². The van der Waals surface area contributed by atoms with Crippen LogP contribution < -0.4 is 0 Å². The number of carbonyl (C=O) groups is 1. The minimum atomic E-state index is -0.714. The highest BCUT2D eigenvalue weighted by Gasteiger charge is 2.45. The van der Waals surface area contributed by atoms with Gasteiger partial charge in [0.25, 0.3) is 0 Å². The molecule has 0 heterocycles. The lowest BCUT2D eigenvalue weighted by Crippen LogP contribution is -2.20. The van der Waals surface area contributed by atoms with Crippen LogP contribution in [0.2, 0.25) is 0 Å². The maximum absolute atomic E-state index is 10.5. The molecule has 2 bridgehead atoms. The number of unbranched alkanes of at least 4 members (excludes halogenated alkanes) is 1. The number of benzene rings is 1. The number of fused-ring (bicyclic) bond motifs is 2. The zero-order valence-electron chi connectivity index (χ0n) is 15.3. The summed E-state index contributed by atoms with van der Waals surface area (Å²) in [7, 11) is 0. The molecule has 1 aromatic rings. The minimum absolute atomic E-state index is 0.251. The molecule has 0 saturated heterocycles. The number of hydrogen-bond acceptors (Lipinski definition) is 2. The number of carboxylic acid groups (broad SMARTS) is 1. The lowest BCUT2D eigenvalue weighted by molar-refractivity contribution is -0.137. The Bertz CT molecular complexity index is 634. The van der Waals surface area contributed by atoms with E-state index in [0.29, 0.717) is 11.8 Å². The third-order valence-electron chi connectivity index (χ3n) is 6.15. The topological polar surface area (TPSA) is 57.5 Å². The fraction of sp³-hybridized carbons (Fsp3) is 0.522. The van der Waals surface area contributed by atoms with Crippen molar-refractivity contribution in [3.63, 3.8) is 0 Å². The normalized spacial score (nSPS) is 29.0. The van der Waals surface area contributed by atoms with E-state index >= 15 is 0 Å². The zero-order chi connectivity index (χ0) is 18.4. The SMILES string of the molecule is O=C(O)CCC/C=C\C[C@@H]1[C@@H]2CC[C@@H](C2)[C@@H]1/C=C/C(O)c1ccccc1. The van der Waals surface area contributed by atoms with Crippen molar-refractivity contribution >= 4 is 5.97 Å². The van der Waals surface area contributed by atoms with Gasteiger partial charge in [0, 0.05) is 6.42 Å². The standard InChI is InChI=1S/C23H30O3/c24-22(17-8-4-3-5-9-17)15-14-21-19-13-12-18(16-19)20(21)10-6-1-2-7-11-23(25)26/h1,3-6,8-9,14-15,18-22,24H,2,7,10-13,16H2,(H,25,26)/b6-1-,15-14+/t18-,19+,20-,21+,22?/m1/s1. The third-order valence-corrected chi connectivity index (χ3v) is 6.15. The highest BCUT2D eigenvalue weighted by molar-refractivity contribution is 5.66. The second kappa shape index (κ2) is 9.18. The maximum atomic E-state index is 10.5. The van der Waals surface area contributed by atoms with Crippen molar-refractivity contribution in [1.82, 2.24) is 0 Å². The van der Waals surface area contributed by atoms with E-state index in [0.717, 1.165) is 36.7 Å². The first-order valence-electron chi connectivity index (χ1n) is 9.93. The molecule has 3 rings (SSSR count). The van der Waals surface area contributed by atoms with Crippen molar-refractivity contribution in [2.75, 3.05) is 0 Å². The first-order valence-corrected chi connectivity index (χ1v) is 9.93. The third kappa shape index (κ3) is 4.85. The zero-order valence-corrected chi connectivity index (χ0v) is 15.3. The Morgan fingerprint density at radius 2 is 1.92 bits per heavy atom. The van der Waals surface area contributed by atoms with Crippen molar-refractivity contribution in [2.45, 2.75) is 51.0 Å². The molecular formula is C23H30O3. The summed E-state index contributed by atoms with van der Waals surface area (Å²) < 4.78 is 0. The molecule has 3 heteroatoms. The van der Waals surface area contributed by atoms with Crippen LogP contribution in [0.3, 0.4) is 0 Å². The predicted octanol–water partition coefficient (Wildman–Crippen LogP) is 5.14. The van der Waals surface area contributed by atoms with Gasteiger partial charge in [-0.15, -0.1) is 0 Å². The average molecular weight is 354 g/mol. The molecule has 26 heavy (non-hydrogen) atoms. The smallest absolute Gasteiger partial charge is 0.303 e. The van der Waals surface area contributed by atoms with Crippen LogP contribution in [0.1, 0.15) is 56.6 Å². The van der Waals surface area contributed by atoms with Crippen molar-refractivity contribution in [3.05, 3.63) is 60.2 Å². The summed E-state index contributed by atoms with van der Waals surface area (Å²) in [6.45, 7) is 0. The summed E-state index contributed by atoms with van der Waals surface area (Å²) in [6, 6.07) is 9.82. The monoisotopic (exact) mass is 354 g/mol. The first kappa shape index (κ1) is 18.9. The van der Waals surface area contributed by atoms with E-state index in [1.165, 1.54) is 19.3 Å². The molecule has 1 aromatic carbocycles. The molecule has 2 saturated carbocycles. The van der Waals surface area contributed by atoms with Crippen LogP contribution in [-0.2, 0) is 4.79 Å². The molecule has 2 aliphatic carbocycles. The van der Waals surface area contributed by atoms with Gasteiger partial charge in [-0.3, -0.25) is 4.79 Å². The number of hydrogen-bond donors (Lipinski definition) is 2. The lowest BCUT2D eigenvalue weighted by Gasteiger charge is -2.28. The summed E-state index contributed by atoms with van der Waals surface area (Å²) in [4.78, 5) is 10.5. The average Bonchev–Trinajstić information content (AvgIpc) is 3.24. The number of aliphatic hydroxyl groups excluding tert-OH is 1. The molecule has 2 aliphatic rings. The molecule has 2 N–H and O–H groups in total. The van der Waals surface area contributed by atoms with Crippen LogP contribution in [0, 0.1) is 23.7 Å². The lowest BCUT2D eigenvalue weighted by atomic mass is 9.77. The number of aliphatic hydroxyl groups is 1. The number of allylic oxidation sites excluding steroid dienone is 3. The number of carboxylic acids is 1. The van der Waals surface area contributed by atoms with Crippen LogP contribution in [0.25, 0.3) is 0 Å². The van der Waals surface area contributed by atoms with E-state index < -0.39 is 12.1 Å². The minimum Gasteiger partial charge on any atom is -0.481 e. The Balaban J connectivity index is 1.54. The van der Waals surface area contributed by atoms with E-state index in [1.807, 2.05) is 36.4 Å². The highest BCUT2D eigenvalue weighted by Crippen LogP contribution is 2.54. The summed E-state index contributed by atoms with van der Waals surface area (Å²) in [5.74, 6) is 2.10. The Hall–Kier alpha value is -1.87. The Labute approximate surface area is 156 Å².